The summed E-state index contributed by atoms with van der Waals surface area (Å²) in [6, 6.07) is 15.2. The van der Waals surface area contributed by atoms with E-state index in [9.17, 15) is 14.4 Å². The van der Waals surface area contributed by atoms with Crippen LogP contribution in [0.1, 0.15) is 18.9 Å². The monoisotopic (exact) mass is 425 g/mol. The first kappa shape index (κ1) is 22.1. The van der Waals surface area contributed by atoms with Crippen molar-refractivity contribution >= 4 is 28.7 Å². The summed E-state index contributed by atoms with van der Waals surface area (Å²) in [5, 5.41) is 2.76. The second-order valence-corrected chi connectivity index (χ2v) is 7.17. The molecule has 3 aromatic rings. The third-order valence-corrected chi connectivity index (χ3v) is 4.93. The van der Waals surface area contributed by atoms with E-state index in [2.05, 4.69) is 23.2 Å². The number of nitrogens with zero attached hydrogens (tertiary/aromatic N) is 2. The number of amides is 1. The highest BCUT2D eigenvalue weighted by Gasteiger charge is 2.12. The second-order valence-electron chi connectivity index (χ2n) is 7.17. The van der Waals surface area contributed by atoms with Gasteiger partial charge in [-0.2, -0.15) is 0 Å². The summed E-state index contributed by atoms with van der Waals surface area (Å²) in [7, 11) is 0. The average Bonchev–Trinajstić information content (AvgIpc) is 3.08. The lowest BCUT2D eigenvalue weighted by molar-refractivity contribution is -0.148. The van der Waals surface area contributed by atoms with Crippen molar-refractivity contribution in [3.8, 4) is 0 Å². The summed E-state index contributed by atoms with van der Waals surface area (Å²) < 4.78 is 11.5. The van der Waals surface area contributed by atoms with Gasteiger partial charge in [-0.15, -0.1) is 0 Å². The number of aryl methyl sites for hydroxylation is 2. The Kier molecular flexibility index (Phi) is 7.48. The maximum absolute atomic E-state index is 12.0. The number of hydrogen-bond donors (Lipinski definition) is 1. The van der Waals surface area contributed by atoms with Gasteiger partial charge in [-0.3, -0.25) is 14.2 Å². The van der Waals surface area contributed by atoms with Gasteiger partial charge in [0.25, 0.3) is 5.91 Å². The molecule has 164 valence electrons. The molecule has 1 heterocycles. The summed E-state index contributed by atoms with van der Waals surface area (Å²) in [5.74, 6) is -1.44. The molecule has 1 amide bonds. The van der Waals surface area contributed by atoms with E-state index in [4.69, 9.17) is 9.15 Å². The van der Waals surface area contributed by atoms with Crippen LogP contribution in [0.25, 0.3) is 11.1 Å². The van der Waals surface area contributed by atoms with E-state index in [0.29, 0.717) is 24.2 Å². The van der Waals surface area contributed by atoms with E-state index in [1.54, 1.807) is 24.3 Å². The maximum atomic E-state index is 12.0. The minimum Gasteiger partial charge on any atom is -0.456 e. The summed E-state index contributed by atoms with van der Waals surface area (Å²) in [6.07, 6.45) is -0.0340. The normalized spacial score (nSPS) is 10.8. The van der Waals surface area contributed by atoms with Crippen LogP contribution in [0.3, 0.4) is 0 Å². The Balaban J connectivity index is 1.39. The zero-order chi connectivity index (χ0) is 22.2. The van der Waals surface area contributed by atoms with Gasteiger partial charge in [0, 0.05) is 31.9 Å². The molecule has 1 N–H and O–H groups in total. The molecule has 1 aromatic heterocycles. The number of benzene rings is 2. The van der Waals surface area contributed by atoms with E-state index < -0.39 is 11.7 Å². The number of fused-ring (bicyclic) bond motifs is 1. The number of carbonyl (C=O) groups is 2. The lowest BCUT2D eigenvalue weighted by Crippen LogP contribution is -2.37. The molecular weight excluding hydrogens is 398 g/mol. The first-order chi connectivity index (χ1) is 15.0. The first-order valence-electron chi connectivity index (χ1n) is 10.3. The molecule has 0 radical (unpaired) electrons. The molecule has 31 heavy (non-hydrogen) atoms. The van der Waals surface area contributed by atoms with Gasteiger partial charge < -0.3 is 19.4 Å². The first-order valence-corrected chi connectivity index (χ1v) is 10.3. The van der Waals surface area contributed by atoms with E-state index in [1.165, 1.54) is 10.1 Å². The quantitative estimate of drug-likeness (QED) is 0.502. The van der Waals surface area contributed by atoms with Crippen LogP contribution in [-0.2, 0) is 20.9 Å². The number of oxazole rings is 1. The van der Waals surface area contributed by atoms with E-state index in [1.807, 2.05) is 25.1 Å². The zero-order valence-electron chi connectivity index (χ0n) is 17.8. The van der Waals surface area contributed by atoms with Gasteiger partial charge >= 0.3 is 11.7 Å². The number of rotatable bonds is 10. The van der Waals surface area contributed by atoms with Gasteiger partial charge in [-0.1, -0.05) is 24.3 Å². The van der Waals surface area contributed by atoms with Gasteiger partial charge in [-0.05, 0) is 43.7 Å². The fourth-order valence-electron chi connectivity index (χ4n) is 3.32. The maximum Gasteiger partial charge on any atom is 0.419 e. The minimum atomic E-state index is -0.553. The van der Waals surface area contributed by atoms with Crippen LogP contribution < -0.4 is 16.0 Å². The van der Waals surface area contributed by atoms with Crippen LogP contribution in [0.15, 0.2) is 57.7 Å². The predicted octanol–water partition coefficient (Wildman–Crippen LogP) is 2.48. The summed E-state index contributed by atoms with van der Waals surface area (Å²) in [4.78, 5) is 38.0. The third-order valence-electron chi connectivity index (χ3n) is 4.93. The Morgan fingerprint density at radius 3 is 2.74 bits per heavy atom. The van der Waals surface area contributed by atoms with E-state index in [-0.39, 0.29) is 25.5 Å². The van der Waals surface area contributed by atoms with Crippen molar-refractivity contribution in [2.45, 2.75) is 26.8 Å². The van der Waals surface area contributed by atoms with Crippen LogP contribution in [0.5, 0.6) is 0 Å². The molecule has 8 heteroatoms. The molecule has 0 unspecified atom stereocenters. The highest BCUT2D eigenvalue weighted by molar-refractivity contribution is 5.80. The predicted molar refractivity (Wildman–Crippen MR) is 118 cm³/mol. The Morgan fingerprint density at radius 2 is 1.97 bits per heavy atom. The molecule has 0 spiro atoms. The number of likely N-dealkylation sites (N-methyl/N-ethyl adjacent to an activating group) is 1. The number of nitrogens with one attached hydrogen (secondary N) is 1. The third kappa shape index (κ3) is 5.97. The van der Waals surface area contributed by atoms with Gasteiger partial charge in [0.1, 0.15) is 0 Å². The minimum absolute atomic E-state index is 0.0340. The Morgan fingerprint density at radius 1 is 1.16 bits per heavy atom. The number of anilines is 1. The summed E-state index contributed by atoms with van der Waals surface area (Å²) >= 11 is 0. The van der Waals surface area contributed by atoms with Gasteiger partial charge in [0.15, 0.2) is 12.2 Å². The van der Waals surface area contributed by atoms with Crippen molar-refractivity contribution in [3.05, 3.63) is 64.6 Å². The number of hydrogen-bond acceptors (Lipinski definition) is 6. The van der Waals surface area contributed by atoms with Gasteiger partial charge in [0.2, 0.25) is 0 Å². The molecule has 0 fully saturated rings. The molecular formula is C23H27N3O5. The fourth-order valence-corrected chi connectivity index (χ4v) is 3.32. The van der Waals surface area contributed by atoms with Crippen molar-refractivity contribution in [2.75, 3.05) is 31.1 Å². The number of esters is 1. The molecule has 0 saturated heterocycles. The van der Waals surface area contributed by atoms with Crippen LogP contribution in [-0.4, -0.2) is 42.7 Å². The van der Waals surface area contributed by atoms with E-state index >= 15 is 0 Å². The number of aromatic nitrogens is 1. The highest BCUT2D eigenvalue weighted by Crippen LogP contribution is 2.15. The molecule has 0 atom stereocenters. The van der Waals surface area contributed by atoms with Crippen LogP contribution >= 0.6 is 0 Å². The van der Waals surface area contributed by atoms with Crippen molar-refractivity contribution < 1.29 is 18.7 Å². The van der Waals surface area contributed by atoms with Crippen LogP contribution in [0.2, 0.25) is 0 Å². The fraction of sp³-hybridized carbons (Fsp3) is 0.348. The highest BCUT2D eigenvalue weighted by atomic mass is 16.5. The van der Waals surface area contributed by atoms with Crippen molar-refractivity contribution in [1.29, 1.82) is 0 Å². The molecule has 0 aliphatic heterocycles. The molecule has 8 nitrogen and oxygen atoms in total. The average molecular weight is 425 g/mol. The number of ether oxygens (including phenoxy) is 1. The summed E-state index contributed by atoms with van der Waals surface area (Å²) in [5.41, 5.74) is 3.36. The van der Waals surface area contributed by atoms with Crippen molar-refractivity contribution in [2.24, 2.45) is 0 Å². The number of para-hydroxylation sites is 2. The standard InChI is InChI=1S/C23H27N3O5/c1-3-25(18-8-6-7-17(2)15-18)14-12-24-21(27)16-30-22(28)11-13-26-19-9-4-5-10-20(19)31-23(26)29/h4-10,15H,3,11-14,16H2,1-2H3,(H,24,27). The molecule has 0 aliphatic carbocycles. The van der Waals surface area contributed by atoms with E-state index in [0.717, 1.165) is 12.2 Å². The molecule has 0 aliphatic rings. The van der Waals surface area contributed by atoms with Gasteiger partial charge in [-0.25, -0.2) is 4.79 Å². The second kappa shape index (κ2) is 10.5. The van der Waals surface area contributed by atoms with Gasteiger partial charge in [0.05, 0.1) is 11.9 Å². The van der Waals surface area contributed by atoms with Crippen LogP contribution in [0, 0.1) is 6.92 Å². The number of carbonyl (C=O) groups excluding carboxylic acids is 2. The lowest BCUT2D eigenvalue weighted by atomic mass is 10.2. The lowest BCUT2D eigenvalue weighted by Gasteiger charge is -2.23. The summed E-state index contributed by atoms with van der Waals surface area (Å²) in [6.45, 7) is 5.77. The molecule has 2 aromatic carbocycles. The van der Waals surface area contributed by atoms with Crippen LogP contribution in [0.4, 0.5) is 5.69 Å². The topological polar surface area (TPSA) is 93.8 Å². The molecule has 0 bridgehead atoms. The van der Waals surface area contributed by atoms with Crippen molar-refractivity contribution in [1.82, 2.24) is 9.88 Å². The largest absolute Gasteiger partial charge is 0.456 e. The Hall–Kier alpha value is -3.55. The zero-order valence-corrected chi connectivity index (χ0v) is 17.8. The Bertz CT molecular complexity index is 1100. The van der Waals surface area contributed by atoms with Crippen molar-refractivity contribution in [3.63, 3.8) is 0 Å². The molecule has 3 rings (SSSR count). The molecule has 0 saturated carbocycles. The Labute approximate surface area is 180 Å². The smallest absolute Gasteiger partial charge is 0.419 e. The SMILES string of the molecule is CCN(CCNC(=O)COC(=O)CCn1c(=O)oc2ccccc21)c1cccc(C)c1.